The highest BCUT2D eigenvalue weighted by Crippen LogP contribution is 2.32. The minimum Gasteiger partial charge on any atom is -0.457 e. The number of carbonyl (C=O) groups is 2. The number of nitrogens with zero attached hydrogens (tertiary/aromatic N) is 1. The number of benzene rings is 2. The van der Waals surface area contributed by atoms with Crippen LogP contribution in [0.25, 0.3) is 21.0 Å². The predicted octanol–water partition coefficient (Wildman–Crippen LogP) is 4.63. The molecule has 2 aromatic heterocycles. The fourth-order valence-corrected chi connectivity index (χ4v) is 4.43. The van der Waals surface area contributed by atoms with Crippen molar-refractivity contribution >= 4 is 50.7 Å². The molecule has 1 aliphatic heterocycles. The van der Waals surface area contributed by atoms with Gasteiger partial charge in [0.25, 0.3) is 5.91 Å². The third-order valence-electron chi connectivity index (χ3n) is 4.65. The highest BCUT2D eigenvalue weighted by molar-refractivity contribution is 7.21. The number of thiazole rings is 1. The van der Waals surface area contributed by atoms with Crippen LogP contribution in [0.2, 0.25) is 5.02 Å². The number of nitrogens with one attached hydrogen (secondary N) is 2. The second kappa shape index (κ2) is 7.02. The van der Waals surface area contributed by atoms with Crippen LogP contribution in [-0.4, -0.2) is 16.8 Å². The molecule has 3 heterocycles. The van der Waals surface area contributed by atoms with E-state index in [1.165, 1.54) is 0 Å². The summed E-state index contributed by atoms with van der Waals surface area (Å²) in [5.41, 5.74) is 2.68. The molecule has 0 saturated heterocycles. The zero-order chi connectivity index (χ0) is 20.0. The number of rotatable bonds is 4. The Hall–Kier alpha value is -3.16. The van der Waals surface area contributed by atoms with Crippen LogP contribution in [0, 0.1) is 0 Å². The number of hydrogen-bond acceptors (Lipinski definition) is 5. The van der Waals surface area contributed by atoms with E-state index < -0.39 is 0 Å². The van der Waals surface area contributed by atoms with Gasteiger partial charge in [0.15, 0.2) is 10.8 Å². The number of aromatic nitrogens is 1. The molecule has 0 atom stereocenters. The Morgan fingerprint density at radius 2 is 2.10 bits per heavy atom. The van der Waals surface area contributed by atoms with Crippen molar-refractivity contribution < 1.29 is 14.0 Å². The van der Waals surface area contributed by atoms with Gasteiger partial charge in [-0.15, -0.1) is 11.3 Å². The second-order valence-electron chi connectivity index (χ2n) is 6.65. The van der Waals surface area contributed by atoms with Crippen molar-refractivity contribution in [3.05, 3.63) is 70.4 Å². The first-order chi connectivity index (χ1) is 14.1. The summed E-state index contributed by atoms with van der Waals surface area (Å²) in [6, 6.07) is 14.8. The zero-order valence-corrected chi connectivity index (χ0v) is 16.6. The maximum atomic E-state index is 12.6. The van der Waals surface area contributed by atoms with E-state index in [9.17, 15) is 9.59 Å². The normalized spacial score (nSPS) is 12.8. The van der Waals surface area contributed by atoms with Crippen molar-refractivity contribution in [1.29, 1.82) is 0 Å². The van der Waals surface area contributed by atoms with Crippen LogP contribution < -0.4 is 10.6 Å². The third-order valence-corrected chi connectivity index (χ3v) is 6.02. The molecule has 144 valence electrons. The average molecular weight is 424 g/mol. The van der Waals surface area contributed by atoms with Crippen molar-refractivity contribution in [2.75, 3.05) is 5.32 Å². The van der Waals surface area contributed by atoms with E-state index in [4.69, 9.17) is 16.0 Å². The highest BCUT2D eigenvalue weighted by atomic mass is 35.5. The molecule has 0 spiro atoms. The van der Waals surface area contributed by atoms with E-state index in [-0.39, 0.29) is 29.8 Å². The Morgan fingerprint density at radius 1 is 1.24 bits per heavy atom. The van der Waals surface area contributed by atoms with E-state index in [0.29, 0.717) is 22.8 Å². The van der Waals surface area contributed by atoms with Gasteiger partial charge in [0.1, 0.15) is 5.76 Å². The van der Waals surface area contributed by atoms with Crippen molar-refractivity contribution in [3.63, 3.8) is 0 Å². The number of carbonyl (C=O) groups excluding carboxylic acids is 2. The quantitative estimate of drug-likeness (QED) is 0.501. The van der Waals surface area contributed by atoms with Crippen molar-refractivity contribution in [2.45, 2.75) is 13.0 Å². The molecule has 8 heteroatoms. The van der Waals surface area contributed by atoms with Gasteiger partial charge in [-0.2, -0.15) is 0 Å². The first-order valence-corrected chi connectivity index (χ1v) is 10.1. The Balaban J connectivity index is 1.30. The minimum atomic E-state index is -0.324. The smallest absolute Gasteiger partial charge is 0.253 e. The Bertz CT molecular complexity index is 1240. The lowest BCUT2D eigenvalue weighted by Crippen LogP contribution is -2.23. The van der Waals surface area contributed by atoms with Gasteiger partial charge in [0, 0.05) is 5.69 Å². The van der Waals surface area contributed by atoms with Gasteiger partial charge in [-0.05, 0) is 42.0 Å². The van der Waals surface area contributed by atoms with Gasteiger partial charge >= 0.3 is 0 Å². The van der Waals surface area contributed by atoms with E-state index in [1.807, 2.05) is 36.4 Å². The highest BCUT2D eigenvalue weighted by Gasteiger charge is 2.22. The van der Waals surface area contributed by atoms with Gasteiger partial charge in [-0.3, -0.25) is 9.59 Å². The number of hydrogen-bond donors (Lipinski definition) is 2. The standard InChI is InChI=1S/C21H14ClN3O3S/c22-14-9-16-11(8-19(26)24-16)7-13(14)20(27)23-10-12-5-6-17(28-12)21-25-15-3-1-2-4-18(15)29-21/h1-7,9H,8,10H2,(H,23,27)(H,24,26). The summed E-state index contributed by atoms with van der Waals surface area (Å²) >= 11 is 7.77. The lowest BCUT2D eigenvalue weighted by atomic mass is 10.1. The van der Waals surface area contributed by atoms with Crippen LogP contribution >= 0.6 is 22.9 Å². The summed E-state index contributed by atoms with van der Waals surface area (Å²) in [7, 11) is 0. The van der Waals surface area contributed by atoms with E-state index >= 15 is 0 Å². The van der Waals surface area contributed by atoms with E-state index in [0.717, 1.165) is 20.8 Å². The molecule has 2 N–H and O–H groups in total. The summed E-state index contributed by atoms with van der Waals surface area (Å²) in [5.74, 6) is 0.846. The molecule has 0 saturated carbocycles. The van der Waals surface area contributed by atoms with Crippen LogP contribution in [0.5, 0.6) is 0 Å². The fraction of sp³-hybridized carbons (Fsp3) is 0.0952. The maximum Gasteiger partial charge on any atom is 0.253 e. The third kappa shape index (κ3) is 3.39. The number of furan rings is 1. The lowest BCUT2D eigenvalue weighted by Gasteiger charge is -2.08. The molecular weight excluding hydrogens is 410 g/mol. The number of halogens is 1. The molecule has 29 heavy (non-hydrogen) atoms. The van der Waals surface area contributed by atoms with Crippen LogP contribution in [-0.2, 0) is 17.8 Å². The summed E-state index contributed by atoms with van der Waals surface area (Å²) < 4.78 is 6.94. The zero-order valence-electron chi connectivity index (χ0n) is 15.0. The second-order valence-corrected chi connectivity index (χ2v) is 8.09. The van der Waals surface area contributed by atoms with E-state index in [2.05, 4.69) is 15.6 Å². The molecule has 2 aromatic carbocycles. The van der Waals surface area contributed by atoms with Gasteiger partial charge in [-0.25, -0.2) is 4.98 Å². The number of para-hydroxylation sites is 1. The number of anilines is 1. The minimum absolute atomic E-state index is 0.105. The van der Waals surface area contributed by atoms with Crippen molar-refractivity contribution in [1.82, 2.24) is 10.3 Å². The Labute approximate surface area is 174 Å². The molecule has 0 unspecified atom stereocenters. The summed E-state index contributed by atoms with van der Waals surface area (Å²) in [5, 5.41) is 6.61. The molecule has 0 radical (unpaired) electrons. The topological polar surface area (TPSA) is 84.2 Å². The lowest BCUT2D eigenvalue weighted by molar-refractivity contribution is -0.115. The first kappa shape index (κ1) is 17.9. The summed E-state index contributed by atoms with van der Waals surface area (Å²) in [6.07, 6.45) is 0.247. The van der Waals surface area contributed by atoms with Crippen LogP contribution in [0.15, 0.2) is 52.9 Å². The monoisotopic (exact) mass is 423 g/mol. The largest absolute Gasteiger partial charge is 0.457 e. The molecule has 0 fully saturated rings. The van der Waals surface area contributed by atoms with Gasteiger partial charge in [-0.1, -0.05) is 23.7 Å². The first-order valence-electron chi connectivity index (χ1n) is 8.92. The molecule has 0 bridgehead atoms. The number of fused-ring (bicyclic) bond motifs is 2. The number of amides is 2. The van der Waals surface area contributed by atoms with Gasteiger partial charge in [0.05, 0.1) is 33.8 Å². The van der Waals surface area contributed by atoms with Crippen molar-refractivity contribution in [2.24, 2.45) is 0 Å². The Morgan fingerprint density at radius 3 is 2.97 bits per heavy atom. The molecule has 1 aliphatic rings. The molecular formula is C21H14ClN3O3S. The Kier molecular flexibility index (Phi) is 4.34. The van der Waals surface area contributed by atoms with Gasteiger partial charge < -0.3 is 15.1 Å². The average Bonchev–Trinajstić information content (AvgIpc) is 3.42. The molecule has 4 aromatic rings. The molecule has 2 amide bonds. The molecule has 5 rings (SSSR count). The SMILES string of the molecule is O=C1Cc2cc(C(=O)NCc3ccc(-c4nc5ccccc5s4)o3)c(Cl)cc2N1. The summed E-state index contributed by atoms with van der Waals surface area (Å²) in [6.45, 7) is 0.217. The van der Waals surface area contributed by atoms with Crippen molar-refractivity contribution in [3.8, 4) is 10.8 Å². The molecule has 0 aliphatic carbocycles. The fourth-order valence-electron chi connectivity index (χ4n) is 3.25. The molecule has 6 nitrogen and oxygen atoms in total. The van der Waals surface area contributed by atoms with E-state index in [1.54, 1.807) is 23.5 Å². The maximum absolute atomic E-state index is 12.6. The van der Waals surface area contributed by atoms with Gasteiger partial charge in [0.2, 0.25) is 5.91 Å². The van der Waals surface area contributed by atoms with Crippen LogP contribution in [0.1, 0.15) is 21.7 Å². The summed E-state index contributed by atoms with van der Waals surface area (Å²) in [4.78, 5) is 28.6. The predicted molar refractivity (Wildman–Crippen MR) is 112 cm³/mol. The van der Waals surface area contributed by atoms with Crippen LogP contribution in [0.4, 0.5) is 5.69 Å². The van der Waals surface area contributed by atoms with Crippen LogP contribution in [0.3, 0.4) is 0 Å².